The second-order valence-electron chi connectivity index (χ2n) is 8.34. The van der Waals surface area contributed by atoms with Gasteiger partial charge in [-0.05, 0) is 64.5 Å². The first kappa shape index (κ1) is 21.3. The Morgan fingerprint density at radius 3 is 1.30 bits per heavy atom. The quantitative estimate of drug-likeness (QED) is 0.531. The van der Waals surface area contributed by atoms with Gasteiger partial charge in [0.1, 0.15) is 0 Å². The molecule has 27 heavy (non-hydrogen) atoms. The summed E-state index contributed by atoms with van der Waals surface area (Å²) in [7, 11) is 0. The molecular formula is C25H38N2. The number of hydrogen-bond donors (Lipinski definition) is 2. The van der Waals surface area contributed by atoms with E-state index in [1.54, 1.807) is 0 Å². The van der Waals surface area contributed by atoms with Gasteiger partial charge in [0.05, 0.1) is 0 Å². The molecule has 0 spiro atoms. The summed E-state index contributed by atoms with van der Waals surface area (Å²) in [5, 5.41) is 0. The zero-order valence-electron chi connectivity index (χ0n) is 18.3. The maximum absolute atomic E-state index is 6.46. The number of nitrogens with two attached hydrogens (primary N) is 2. The molecule has 0 aliphatic carbocycles. The molecule has 0 aliphatic heterocycles. The highest BCUT2D eigenvalue weighted by Gasteiger charge is 2.20. The predicted molar refractivity (Wildman–Crippen MR) is 121 cm³/mol. The molecule has 0 aromatic heterocycles. The molecule has 0 heterocycles. The number of hydrogen-bond acceptors (Lipinski definition) is 2. The van der Waals surface area contributed by atoms with E-state index in [0.29, 0.717) is 17.8 Å². The highest BCUT2D eigenvalue weighted by molar-refractivity contribution is 5.61. The van der Waals surface area contributed by atoms with E-state index in [2.05, 4.69) is 72.7 Å². The third-order valence-corrected chi connectivity index (χ3v) is 5.86. The molecule has 0 saturated heterocycles. The van der Waals surface area contributed by atoms with Gasteiger partial charge in [-0.2, -0.15) is 0 Å². The fourth-order valence-electron chi connectivity index (χ4n) is 4.13. The molecule has 2 heteroatoms. The summed E-state index contributed by atoms with van der Waals surface area (Å²) in [5.74, 6) is 1.23. The zero-order chi connectivity index (χ0) is 20.3. The lowest BCUT2D eigenvalue weighted by molar-refractivity contribution is 0.760. The normalized spacial score (nSPS) is 11.8. The largest absolute Gasteiger partial charge is 0.398 e. The van der Waals surface area contributed by atoms with Gasteiger partial charge in [0, 0.05) is 17.3 Å². The van der Waals surface area contributed by atoms with E-state index in [0.717, 1.165) is 30.6 Å². The summed E-state index contributed by atoms with van der Waals surface area (Å²) < 4.78 is 0. The highest BCUT2D eigenvalue weighted by atomic mass is 14.6. The van der Waals surface area contributed by atoms with E-state index in [9.17, 15) is 0 Å². The Hall–Kier alpha value is -1.96. The lowest BCUT2D eigenvalue weighted by Gasteiger charge is -2.24. The average Bonchev–Trinajstić information content (AvgIpc) is 2.63. The summed E-state index contributed by atoms with van der Waals surface area (Å²) in [6.45, 7) is 15.6. The van der Waals surface area contributed by atoms with Gasteiger partial charge in [-0.25, -0.2) is 0 Å². The van der Waals surface area contributed by atoms with Gasteiger partial charge in [0.2, 0.25) is 0 Å². The van der Waals surface area contributed by atoms with Crippen LogP contribution in [0.15, 0.2) is 24.3 Å². The van der Waals surface area contributed by atoms with Crippen LogP contribution in [0.5, 0.6) is 0 Å². The molecule has 2 aromatic carbocycles. The van der Waals surface area contributed by atoms with Crippen LogP contribution in [0.2, 0.25) is 0 Å². The molecule has 0 radical (unpaired) electrons. The summed E-state index contributed by atoms with van der Waals surface area (Å²) in [4.78, 5) is 0. The fourth-order valence-corrected chi connectivity index (χ4v) is 4.13. The van der Waals surface area contributed by atoms with E-state index in [-0.39, 0.29) is 0 Å². The van der Waals surface area contributed by atoms with Crippen LogP contribution in [0.25, 0.3) is 0 Å². The zero-order valence-corrected chi connectivity index (χ0v) is 18.3. The molecule has 0 unspecified atom stereocenters. The topological polar surface area (TPSA) is 52.0 Å². The number of benzene rings is 2. The monoisotopic (exact) mass is 366 g/mol. The van der Waals surface area contributed by atoms with E-state index in [4.69, 9.17) is 11.5 Å². The first-order chi connectivity index (χ1) is 12.7. The van der Waals surface area contributed by atoms with Crippen LogP contribution in [-0.2, 0) is 12.8 Å². The van der Waals surface area contributed by atoms with Gasteiger partial charge < -0.3 is 11.5 Å². The maximum atomic E-state index is 6.46. The predicted octanol–water partition coefficient (Wildman–Crippen LogP) is 6.76. The van der Waals surface area contributed by atoms with Gasteiger partial charge in [-0.1, -0.05) is 72.7 Å². The van der Waals surface area contributed by atoms with Crippen LogP contribution >= 0.6 is 0 Å². The molecule has 0 saturated carbocycles. The van der Waals surface area contributed by atoms with Crippen molar-refractivity contribution in [3.05, 3.63) is 57.6 Å². The second kappa shape index (κ2) is 8.82. The van der Waals surface area contributed by atoms with E-state index in [1.807, 2.05) is 0 Å². The summed E-state index contributed by atoms with van der Waals surface area (Å²) in [5.41, 5.74) is 22.7. The molecule has 0 aliphatic rings. The molecule has 2 nitrogen and oxygen atoms in total. The van der Waals surface area contributed by atoms with Gasteiger partial charge in [-0.3, -0.25) is 0 Å². The molecule has 0 amide bonds. The van der Waals surface area contributed by atoms with Crippen molar-refractivity contribution in [1.29, 1.82) is 0 Å². The van der Waals surface area contributed by atoms with Gasteiger partial charge in [0.15, 0.2) is 0 Å². The number of nitrogen functional groups attached to an aromatic ring is 2. The molecule has 4 N–H and O–H groups in total. The van der Waals surface area contributed by atoms with Gasteiger partial charge >= 0.3 is 0 Å². The minimum absolute atomic E-state index is 0.372. The molecule has 148 valence electrons. The van der Waals surface area contributed by atoms with Crippen LogP contribution in [0.3, 0.4) is 0 Å². The molecule has 0 bridgehead atoms. The fraction of sp³-hybridized carbons (Fsp3) is 0.520. The second-order valence-corrected chi connectivity index (χ2v) is 8.34. The first-order valence-corrected chi connectivity index (χ1v) is 10.6. The summed E-state index contributed by atoms with van der Waals surface area (Å²) >= 11 is 0. The average molecular weight is 367 g/mol. The smallest absolute Gasteiger partial charge is 0.0381 e. The minimum Gasteiger partial charge on any atom is -0.398 e. The van der Waals surface area contributed by atoms with Crippen molar-refractivity contribution in [3.63, 3.8) is 0 Å². The van der Waals surface area contributed by atoms with Crippen LogP contribution in [0, 0.1) is 0 Å². The standard InChI is InChI=1S/C25H38N2/c1-8-17-11-19(13-22(15(4)5)24(17)26)21(10-3)20-12-18(9-2)25(27)23(14-20)16(6)7/h11-16,21H,8-10,26-27H2,1-7H3. The van der Waals surface area contributed by atoms with Gasteiger partial charge in [0.25, 0.3) is 0 Å². The molecular weight excluding hydrogens is 328 g/mol. The van der Waals surface area contributed by atoms with Crippen LogP contribution in [-0.4, -0.2) is 0 Å². The van der Waals surface area contributed by atoms with Crippen LogP contribution in [0.4, 0.5) is 11.4 Å². The van der Waals surface area contributed by atoms with Crippen molar-refractivity contribution in [2.75, 3.05) is 11.5 Å². The SMILES string of the molecule is CCc1cc(C(CC)c2cc(CC)c(N)c(C(C)C)c2)cc(C(C)C)c1N. The Morgan fingerprint density at radius 1 is 0.667 bits per heavy atom. The summed E-state index contributed by atoms with van der Waals surface area (Å²) in [6, 6.07) is 9.33. The first-order valence-electron chi connectivity index (χ1n) is 10.6. The Labute approximate surface area is 166 Å². The summed E-state index contributed by atoms with van der Waals surface area (Å²) in [6.07, 6.45) is 3.00. The molecule has 0 fully saturated rings. The van der Waals surface area contributed by atoms with Gasteiger partial charge in [-0.15, -0.1) is 0 Å². The Balaban J connectivity index is 2.67. The highest BCUT2D eigenvalue weighted by Crippen LogP contribution is 2.37. The third-order valence-electron chi connectivity index (χ3n) is 5.86. The van der Waals surface area contributed by atoms with E-state index in [1.165, 1.54) is 33.4 Å². The Morgan fingerprint density at radius 2 is 1.04 bits per heavy atom. The van der Waals surface area contributed by atoms with Crippen molar-refractivity contribution < 1.29 is 0 Å². The van der Waals surface area contributed by atoms with Crippen LogP contribution < -0.4 is 11.5 Å². The Bertz CT molecular complexity index is 722. The number of aryl methyl sites for hydroxylation is 2. The van der Waals surface area contributed by atoms with E-state index >= 15 is 0 Å². The lowest BCUT2D eigenvalue weighted by atomic mass is 9.82. The number of rotatable bonds is 7. The molecule has 2 rings (SSSR count). The number of anilines is 2. The Kier molecular flexibility index (Phi) is 6.97. The minimum atomic E-state index is 0.372. The van der Waals surface area contributed by atoms with Crippen LogP contribution in [0.1, 0.15) is 106 Å². The van der Waals surface area contributed by atoms with Crippen molar-refractivity contribution in [1.82, 2.24) is 0 Å². The lowest BCUT2D eigenvalue weighted by Crippen LogP contribution is -2.09. The van der Waals surface area contributed by atoms with E-state index < -0.39 is 0 Å². The molecule has 0 atom stereocenters. The third kappa shape index (κ3) is 4.31. The van der Waals surface area contributed by atoms with Crippen molar-refractivity contribution >= 4 is 11.4 Å². The molecule has 2 aromatic rings. The van der Waals surface area contributed by atoms with Crippen molar-refractivity contribution in [2.45, 2.75) is 85.5 Å². The van der Waals surface area contributed by atoms with Crippen molar-refractivity contribution in [2.24, 2.45) is 0 Å². The maximum Gasteiger partial charge on any atom is 0.0381 e. The van der Waals surface area contributed by atoms with Crippen molar-refractivity contribution in [3.8, 4) is 0 Å².